The van der Waals surface area contributed by atoms with E-state index in [1.807, 2.05) is 30.0 Å². The van der Waals surface area contributed by atoms with Crippen LogP contribution in [0.1, 0.15) is 36.3 Å². The van der Waals surface area contributed by atoms with E-state index in [1.54, 1.807) is 11.1 Å². The lowest BCUT2D eigenvalue weighted by molar-refractivity contribution is 0.228. The summed E-state index contributed by atoms with van der Waals surface area (Å²) in [6.45, 7) is 2.40. The molecule has 156 valence electrons. The van der Waals surface area contributed by atoms with Gasteiger partial charge in [0.2, 0.25) is 0 Å². The third-order valence-corrected chi connectivity index (χ3v) is 8.37. The number of rotatable bonds is 6. The zero-order chi connectivity index (χ0) is 20.5. The van der Waals surface area contributed by atoms with Gasteiger partial charge >= 0.3 is 0 Å². The zero-order valence-electron chi connectivity index (χ0n) is 17.3. The fourth-order valence-electron chi connectivity index (χ4n) is 5.14. The van der Waals surface area contributed by atoms with Crippen LogP contribution in [0.2, 0.25) is 0 Å². The molecule has 5 rings (SSSR count). The molecule has 0 radical (unpaired) electrons. The molecule has 1 fully saturated rings. The Labute approximate surface area is 191 Å². The smallest absolute Gasteiger partial charge is 0.191 e. The summed E-state index contributed by atoms with van der Waals surface area (Å²) in [6, 6.07) is 17.7. The van der Waals surface area contributed by atoms with Crippen molar-refractivity contribution in [2.24, 2.45) is 7.05 Å². The summed E-state index contributed by atoms with van der Waals surface area (Å²) in [7, 11) is 2.06. The van der Waals surface area contributed by atoms with Crippen molar-refractivity contribution in [3.05, 3.63) is 64.1 Å². The Morgan fingerprint density at radius 1 is 1.07 bits per heavy atom. The number of aryl methyl sites for hydroxylation is 1. The molecule has 6 heteroatoms. The Hall–Kier alpha value is -1.63. The molecule has 0 N–H and O–H groups in total. The highest BCUT2D eigenvalue weighted by Gasteiger charge is 2.39. The molecule has 2 unspecified atom stereocenters. The summed E-state index contributed by atoms with van der Waals surface area (Å²) < 4.78 is 3.42. The minimum Gasteiger partial charge on any atom is -0.305 e. The molecule has 2 heterocycles. The monoisotopic (exact) mass is 482 g/mol. The van der Waals surface area contributed by atoms with Gasteiger partial charge in [0.15, 0.2) is 11.0 Å². The van der Waals surface area contributed by atoms with Crippen molar-refractivity contribution in [3.63, 3.8) is 0 Å². The Bertz CT molecular complexity index is 1020. The highest BCUT2D eigenvalue weighted by Crippen LogP contribution is 2.44. The Balaban J connectivity index is 1.16. The lowest BCUT2D eigenvalue weighted by Gasteiger charge is -2.34. The Morgan fingerprint density at radius 2 is 1.93 bits per heavy atom. The summed E-state index contributed by atoms with van der Waals surface area (Å²) in [5.41, 5.74) is 4.25. The quantitative estimate of drug-likeness (QED) is 0.341. The lowest BCUT2D eigenvalue weighted by Crippen LogP contribution is -2.36. The van der Waals surface area contributed by atoms with Gasteiger partial charge in [0, 0.05) is 34.8 Å². The molecule has 1 aromatic heterocycles. The maximum Gasteiger partial charge on any atom is 0.191 e. The van der Waals surface area contributed by atoms with Gasteiger partial charge in [0.1, 0.15) is 0 Å². The molecule has 1 aliphatic heterocycles. The third-order valence-electron chi connectivity index (χ3n) is 6.57. The lowest BCUT2D eigenvalue weighted by atomic mass is 9.79. The van der Waals surface area contributed by atoms with Crippen LogP contribution in [-0.4, -0.2) is 44.5 Å². The number of fused-ring (bicyclic) bond motifs is 3. The first-order valence-electron chi connectivity index (χ1n) is 10.8. The van der Waals surface area contributed by atoms with Gasteiger partial charge in [-0.05, 0) is 56.0 Å². The zero-order valence-corrected chi connectivity index (χ0v) is 19.7. The fraction of sp³-hybridized carbons (Fsp3) is 0.417. The van der Waals surface area contributed by atoms with Gasteiger partial charge < -0.3 is 4.57 Å². The van der Waals surface area contributed by atoms with Crippen molar-refractivity contribution < 1.29 is 0 Å². The largest absolute Gasteiger partial charge is 0.305 e. The summed E-state index contributed by atoms with van der Waals surface area (Å²) in [4.78, 5) is 2.74. The van der Waals surface area contributed by atoms with E-state index >= 15 is 0 Å². The number of likely N-dealkylation sites (tertiary alicyclic amines) is 1. The van der Waals surface area contributed by atoms with Crippen LogP contribution in [0.3, 0.4) is 0 Å². The van der Waals surface area contributed by atoms with Gasteiger partial charge in [0.05, 0.1) is 0 Å². The van der Waals surface area contributed by atoms with Gasteiger partial charge in [-0.15, -0.1) is 10.2 Å². The standard InChI is InChI=1S/C24H27BrN4S/c1-28-23(18-7-3-2-4-8-18)26-27-24(28)30-16-6-14-29-15-13-19-21(29)12-11-17-9-5-10-20(25)22(17)19/h2-5,7-10,19,21H,6,11-16H2,1H3. The first-order chi connectivity index (χ1) is 14.7. The van der Waals surface area contributed by atoms with Crippen LogP contribution in [-0.2, 0) is 13.5 Å². The van der Waals surface area contributed by atoms with E-state index in [1.165, 1.54) is 43.2 Å². The SMILES string of the molecule is Cn1c(SCCCN2CCC3c4c(Br)cccc4CCC32)nnc1-c1ccccc1. The van der Waals surface area contributed by atoms with Crippen molar-refractivity contribution in [1.29, 1.82) is 0 Å². The van der Waals surface area contributed by atoms with E-state index in [2.05, 4.69) is 73.0 Å². The number of aromatic nitrogens is 3. The van der Waals surface area contributed by atoms with Crippen LogP contribution >= 0.6 is 27.7 Å². The number of hydrogen-bond acceptors (Lipinski definition) is 4. The average molecular weight is 483 g/mol. The predicted molar refractivity (Wildman–Crippen MR) is 127 cm³/mol. The minimum atomic E-state index is 0.698. The maximum absolute atomic E-state index is 4.42. The van der Waals surface area contributed by atoms with Crippen LogP contribution < -0.4 is 0 Å². The second-order valence-electron chi connectivity index (χ2n) is 8.28. The Kier molecular flexibility index (Phi) is 5.98. The first kappa shape index (κ1) is 20.3. The molecule has 30 heavy (non-hydrogen) atoms. The molecule has 1 saturated heterocycles. The van der Waals surface area contributed by atoms with Crippen LogP contribution in [0, 0.1) is 0 Å². The van der Waals surface area contributed by atoms with E-state index in [9.17, 15) is 0 Å². The van der Waals surface area contributed by atoms with E-state index in [0.29, 0.717) is 12.0 Å². The second kappa shape index (κ2) is 8.85. The third kappa shape index (κ3) is 3.85. The van der Waals surface area contributed by atoms with Crippen molar-refractivity contribution in [2.45, 2.75) is 42.8 Å². The molecule has 2 aliphatic rings. The number of hydrogen-bond donors (Lipinski definition) is 0. The average Bonchev–Trinajstić information content (AvgIpc) is 3.35. The molecule has 2 atom stereocenters. The fourth-order valence-corrected chi connectivity index (χ4v) is 6.68. The summed E-state index contributed by atoms with van der Waals surface area (Å²) >= 11 is 5.64. The Morgan fingerprint density at radius 3 is 2.80 bits per heavy atom. The van der Waals surface area contributed by atoms with Gasteiger partial charge in [-0.3, -0.25) is 4.90 Å². The number of benzene rings is 2. The van der Waals surface area contributed by atoms with Crippen molar-refractivity contribution in [2.75, 3.05) is 18.8 Å². The molecule has 0 spiro atoms. The first-order valence-corrected chi connectivity index (χ1v) is 12.6. The molecule has 1 aliphatic carbocycles. The molecular weight excluding hydrogens is 456 g/mol. The highest BCUT2D eigenvalue weighted by atomic mass is 79.9. The van der Waals surface area contributed by atoms with E-state index < -0.39 is 0 Å². The molecule has 0 saturated carbocycles. The van der Waals surface area contributed by atoms with E-state index in [0.717, 1.165) is 22.3 Å². The molecule has 0 bridgehead atoms. The highest BCUT2D eigenvalue weighted by molar-refractivity contribution is 9.10. The minimum absolute atomic E-state index is 0.698. The van der Waals surface area contributed by atoms with Gasteiger partial charge in [-0.2, -0.15) is 0 Å². The number of nitrogens with zero attached hydrogens (tertiary/aromatic N) is 4. The number of halogens is 1. The molecule has 2 aromatic carbocycles. The molecule has 0 amide bonds. The van der Waals surface area contributed by atoms with E-state index in [-0.39, 0.29) is 0 Å². The maximum atomic E-state index is 4.42. The van der Waals surface area contributed by atoms with Gasteiger partial charge in [-0.1, -0.05) is 70.2 Å². The van der Waals surface area contributed by atoms with Crippen LogP contribution in [0.4, 0.5) is 0 Å². The summed E-state index contributed by atoms with van der Waals surface area (Å²) in [5, 5.41) is 9.83. The summed E-state index contributed by atoms with van der Waals surface area (Å²) in [6.07, 6.45) is 4.98. The van der Waals surface area contributed by atoms with Gasteiger partial charge in [0.25, 0.3) is 0 Å². The van der Waals surface area contributed by atoms with E-state index in [4.69, 9.17) is 0 Å². The second-order valence-corrected chi connectivity index (χ2v) is 10.2. The topological polar surface area (TPSA) is 34.0 Å². The molecule has 4 nitrogen and oxygen atoms in total. The molecule has 3 aromatic rings. The van der Waals surface area contributed by atoms with Gasteiger partial charge in [-0.25, -0.2) is 0 Å². The summed E-state index contributed by atoms with van der Waals surface area (Å²) in [5.74, 6) is 2.71. The van der Waals surface area contributed by atoms with Crippen molar-refractivity contribution in [1.82, 2.24) is 19.7 Å². The van der Waals surface area contributed by atoms with Crippen LogP contribution in [0.15, 0.2) is 58.2 Å². The molecular formula is C24H27BrN4S. The normalized spacial score (nSPS) is 20.9. The van der Waals surface area contributed by atoms with Crippen molar-refractivity contribution in [3.8, 4) is 11.4 Å². The van der Waals surface area contributed by atoms with Crippen LogP contribution in [0.25, 0.3) is 11.4 Å². The predicted octanol–water partition coefficient (Wildman–Crippen LogP) is 5.53. The van der Waals surface area contributed by atoms with Crippen LogP contribution in [0.5, 0.6) is 0 Å². The van der Waals surface area contributed by atoms with Crippen molar-refractivity contribution >= 4 is 27.7 Å². The number of thioether (sulfide) groups is 1.